The van der Waals surface area contributed by atoms with Crippen LogP contribution < -0.4 is 29.6 Å². The molecule has 4 saturated carbocycles. The van der Waals surface area contributed by atoms with Crippen LogP contribution in [0.15, 0.2) is 48.6 Å². The van der Waals surface area contributed by atoms with Gasteiger partial charge >= 0.3 is 53.4 Å². The summed E-state index contributed by atoms with van der Waals surface area (Å²) < 4.78 is 49.9. The zero-order chi connectivity index (χ0) is 35.8. The molecule has 13 heteroatoms. The van der Waals surface area contributed by atoms with E-state index >= 15 is 0 Å². The number of allylic oxidation sites excluding steroid dienone is 4. The van der Waals surface area contributed by atoms with Crippen molar-refractivity contribution < 1.29 is 87.1 Å². The van der Waals surface area contributed by atoms with Gasteiger partial charge in [-0.2, -0.15) is 0 Å². The van der Waals surface area contributed by atoms with E-state index in [9.17, 15) is 32.3 Å². The Morgan fingerprint density at radius 3 is 1.18 bits per heavy atom. The fourth-order valence-electron chi connectivity index (χ4n) is 5.41. The van der Waals surface area contributed by atoms with Crippen molar-refractivity contribution in [3.63, 3.8) is 0 Å². The van der Waals surface area contributed by atoms with Gasteiger partial charge in [-0.3, -0.25) is 4.79 Å². The summed E-state index contributed by atoms with van der Waals surface area (Å²) in [5.74, 6) is -3.25. The molecule has 0 aromatic heterocycles. The molecule has 274 valence electrons. The number of rotatable bonds is 6. The first-order valence-corrected chi connectivity index (χ1v) is 16.4. The molecule has 3 N–H and O–H groups in total. The third-order valence-corrected chi connectivity index (χ3v) is 8.97. The van der Waals surface area contributed by atoms with Crippen molar-refractivity contribution in [3.8, 4) is 0 Å². The molecule has 4 aliphatic carbocycles. The maximum atomic E-state index is 13.8. The van der Waals surface area contributed by atoms with E-state index in [1.165, 1.54) is 5.57 Å². The van der Waals surface area contributed by atoms with Crippen molar-refractivity contribution >= 4 is 23.9 Å². The largest absolute Gasteiger partial charge is 1.00 e. The molecular weight excluding hydrogens is 656 g/mol. The molecular formula is C36H54F3NaO9. The summed E-state index contributed by atoms with van der Waals surface area (Å²) in [6.45, 7) is 19.3. The number of ether oxygens (including phenoxy) is 2. The Labute approximate surface area is 311 Å². The average molecular weight is 711 g/mol. The Morgan fingerprint density at radius 2 is 0.898 bits per heavy atom. The fourth-order valence-corrected chi connectivity index (χ4v) is 5.41. The zero-order valence-electron chi connectivity index (χ0n) is 29.6. The van der Waals surface area contributed by atoms with Crippen molar-refractivity contribution in [2.24, 2.45) is 5.92 Å². The molecule has 0 radical (unpaired) electrons. The summed E-state index contributed by atoms with van der Waals surface area (Å²) >= 11 is 0. The van der Waals surface area contributed by atoms with Gasteiger partial charge in [0.2, 0.25) is 17.0 Å². The summed E-state index contributed by atoms with van der Waals surface area (Å²) in [4.78, 5) is 43.2. The van der Waals surface area contributed by atoms with Gasteiger partial charge in [0.1, 0.15) is 0 Å². The van der Waals surface area contributed by atoms with Crippen molar-refractivity contribution in [2.45, 2.75) is 134 Å². The molecule has 0 aromatic carbocycles. The van der Waals surface area contributed by atoms with E-state index in [1.807, 2.05) is 6.92 Å². The molecule has 4 rings (SSSR count). The van der Waals surface area contributed by atoms with Crippen LogP contribution >= 0.6 is 0 Å². The Hall–Kier alpha value is -2.41. The molecule has 4 fully saturated rings. The van der Waals surface area contributed by atoms with Gasteiger partial charge in [-0.25, -0.2) is 27.6 Å². The fraction of sp³-hybridized carbons (Fsp3) is 0.667. The predicted octanol–water partition coefficient (Wildman–Crippen LogP) is 5.33. The summed E-state index contributed by atoms with van der Waals surface area (Å²) in [6, 6.07) is 0. The third-order valence-electron chi connectivity index (χ3n) is 8.97. The van der Waals surface area contributed by atoms with E-state index in [0.29, 0.717) is 45.1 Å². The molecule has 0 aliphatic heterocycles. The molecule has 0 aromatic rings. The second-order valence-corrected chi connectivity index (χ2v) is 12.8. The van der Waals surface area contributed by atoms with Crippen molar-refractivity contribution in [1.29, 1.82) is 0 Å². The summed E-state index contributed by atoms with van der Waals surface area (Å²) in [7, 11) is 0. The summed E-state index contributed by atoms with van der Waals surface area (Å²) in [6.07, 6.45) is 7.82. The molecule has 9 nitrogen and oxygen atoms in total. The van der Waals surface area contributed by atoms with E-state index in [4.69, 9.17) is 14.9 Å². The van der Waals surface area contributed by atoms with Gasteiger partial charge in [0, 0.05) is 0 Å². The number of carbonyl (C=O) groups is 4. The van der Waals surface area contributed by atoms with Gasteiger partial charge in [-0.15, -0.1) is 0 Å². The molecule has 0 atom stereocenters. The second-order valence-electron chi connectivity index (χ2n) is 12.8. The number of carboxylic acids is 2. The molecule has 0 saturated heterocycles. The number of hydrogen-bond acceptors (Lipinski definition) is 7. The van der Waals surface area contributed by atoms with Crippen LogP contribution in [-0.2, 0) is 28.7 Å². The van der Waals surface area contributed by atoms with Crippen molar-refractivity contribution in [2.75, 3.05) is 13.2 Å². The van der Waals surface area contributed by atoms with E-state index in [0.717, 1.165) is 42.4 Å². The predicted molar refractivity (Wildman–Crippen MR) is 176 cm³/mol. The number of carbonyl (C=O) groups excluding carboxylic acids is 2. The minimum atomic E-state index is -1.98. The van der Waals surface area contributed by atoms with Crippen LogP contribution in [0.1, 0.15) is 117 Å². The van der Waals surface area contributed by atoms with Crippen LogP contribution in [0.2, 0.25) is 0 Å². The normalized spacial score (nSPS) is 20.8. The Balaban J connectivity index is 0. The van der Waals surface area contributed by atoms with Crippen LogP contribution in [-0.4, -0.2) is 69.8 Å². The van der Waals surface area contributed by atoms with E-state index in [-0.39, 0.29) is 92.1 Å². The maximum Gasteiger partial charge on any atom is 1.00 e. The van der Waals surface area contributed by atoms with Crippen molar-refractivity contribution in [3.05, 3.63) is 48.6 Å². The third kappa shape index (κ3) is 16.9. The Morgan fingerprint density at radius 1 is 0.612 bits per heavy atom. The van der Waals surface area contributed by atoms with Gasteiger partial charge in [0.25, 0.3) is 0 Å². The van der Waals surface area contributed by atoms with Crippen molar-refractivity contribution in [1.82, 2.24) is 0 Å². The smallest absolute Gasteiger partial charge is 0.870 e. The number of esters is 2. The average Bonchev–Trinajstić information content (AvgIpc) is 3.03. The van der Waals surface area contributed by atoms with Gasteiger partial charge in [0.15, 0.2) is 0 Å². The minimum absolute atomic E-state index is 0. The number of halogens is 3. The Kier molecular flexibility index (Phi) is 23.0. The van der Waals surface area contributed by atoms with E-state index in [2.05, 4.69) is 31.1 Å². The zero-order valence-corrected chi connectivity index (χ0v) is 31.6. The molecule has 49 heavy (non-hydrogen) atoms. The van der Waals surface area contributed by atoms with Gasteiger partial charge in [-0.05, 0) is 117 Å². The number of hydrogen-bond donors (Lipinski definition) is 2. The first kappa shape index (κ1) is 48.7. The standard InChI is InChI=1S/C10H15FO2.C10H16O2.2C8H11FO2.Na.H2O/c1-3-13-9(12)10(11)6-4-8(2)5-7-10;1-3-12-10(11)9-6-4-8(2)5-7-9;2*1-6-2-4-8(9,5-3-6)7(10)11;;/h2-7H2,1H3;9H,2-7H2,1H3;2*1-5H2,(H,10,11);;1H2/q;;;;+1;/p-1. The molecule has 4 aliphatic rings. The van der Waals surface area contributed by atoms with Gasteiger partial charge < -0.3 is 25.2 Å². The summed E-state index contributed by atoms with van der Waals surface area (Å²) in [5.41, 5.74) is -1.51. The summed E-state index contributed by atoms with van der Waals surface area (Å²) in [5, 5.41) is 17.0. The van der Waals surface area contributed by atoms with E-state index in [1.54, 1.807) is 6.92 Å². The molecule has 0 unspecified atom stereocenters. The first-order chi connectivity index (χ1) is 21.9. The van der Waals surface area contributed by atoms with Crippen LogP contribution in [0.25, 0.3) is 0 Å². The van der Waals surface area contributed by atoms with Crippen LogP contribution in [0.3, 0.4) is 0 Å². The van der Waals surface area contributed by atoms with Crippen LogP contribution in [0.4, 0.5) is 13.2 Å². The SMILES string of the molecule is C=C1CCC(C(=O)OCC)CC1.C=C1CCC(F)(C(=O)O)CC1.C=C1CCC(F)(C(=O)O)CC1.C=C1CCC(F)(C(=O)OCC)CC1.[Na+].[OH-]. The number of aliphatic carboxylic acids is 2. The van der Waals surface area contributed by atoms with Crippen LogP contribution in [0.5, 0.6) is 0 Å². The van der Waals surface area contributed by atoms with Crippen LogP contribution in [0, 0.1) is 5.92 Å². The first-order valence-electron chi connectivity index (χ1n) is 16.4. The van der Waals surface area contributed by atoms with E-state index < -0.39 is 34.9 Å². The monoisotopic (exact) mass is 710 g/mol. The van der Waals surface area contributed by atoms with Gasteiger partial charge in [0.05, 0.1) is 19.1 Å². The molecule has 0 bridgehead atoms. The topological polar surface area (TPSA) is 157 Å². The minimum Gasteiger partial charge on any atom is -0.870 e. The maximum absolute atomic E-state index is 13.8. The quantitative estimate of drug-likeness (QED) is 0.211. The molecule has 0 spiro atoms. The van der Waals surface area contributed by atoms with Gasteiger partial charge in [-0.1, -0.05) is 48.6 Å². The number of carboxylic acid groups (broad SMARTS) is 2. The Bertz CT molecular complexity index is 1090. The molecule has 0 amide bonds. The number of alkyl halides is 3. The molecule has 0 heterocycles. The second kappa shape index (κ2) is 23.1.